The van der Waals surface area contributed by atoms with E-state index in [2.05, 4.69) is 5.32 Å². The second-order valence-electron chi connectivity index (χ2n) is 5.90. The molecule has 98 valence electrons. The molecule has 17 heavy (non-hydrogen) atoms. The fraction of sp³-hybridized carbons (Fsp3) is 0.833. The third kappa shape index (κ3) is 3.70. The maximum atomic E-state index is 11.8. The van der Waals surface area contributed by atoms with Crippen molar-refractivity contribution < 1.29 is 14.7 Å². The lowest BCUT2D eigenvalue weighted by atomic mass is 9.87. The highest BCUT2D eigenvalue weighted by atomic mass is 16.4. The van der Waals surface area contributed by atoms with Crippen LogP contribution >= 0.6 is 0 Å². The quantitative estimate of drug-likeness (QED) is 0.680. The third-order valence-electron chi connectivity index (χ3n) is 3.34. The van der Waals surface area contributed by atoms with Crippen LogP contribution in [0.15, 0.2) is 0 Å². The molecule has 0 bridgehead atoms. The molecular weight excluding hydrogens is 220 g/mol. The summed E-state index contributed by atoms with van der Waals surface area (Å²) in [4.78, 5) is 22.6. The van der Waals surface area contributed by atoms with Gasteiger partial charge in [0.15, 0.2) is 0 Å². The summed E-state index contributed by atoms with van der Waals surface area (Å²) in [5, 5.41) is 11.7. The number of carboxylic acids is 1. The van der Waals surface area contributed by atoms with Gasteiger partial charge in [-0.3, -0.25) is 9.59 Å². The zero-order chi connectivity index (χ0) is 13.2. The number of amides is 1. The largest absolute Gasteiger partial charge is 0.481 e. The van der Waals surface area contributed by atoms with Gasteiger partial charge in [-0.15, -0.1) is 0 Å². The number of hydrogen-bond donors (Lipinski definition) is 3. The van der Waals surface area contributed by atoms with Crippen LogP contribution in [0.3, 0.4) is 0 Å². The zero-order valence-corrected chi connectivity index (χ0v) is 10.7. The van der Waals surface area contributed by atoms with Crippen LogP contribution in [0.1, 0.15) is 40.0 Å². The van der Waals surface area contributed by atoms with Crippen LogP contribution in [0.25, 0.3) is 0 Å². The molecular formula is C12H22N2O3. The average Bonchev–Trinajstić information content (AvgIpc) is 2.63. The van der Waals surface area contributed by atoms with Crippen molar-refractivity contribution in [3.05, 3.63) is 0 Å². The molecule has 4 N–H and O–H groups in total. The second kappa shape index (κ2) is 5.04. The predicted octanol–water partition coefficient (Wildman–Crippen LogP) is 0.729. The number of rotatable bonds is 3. The molecule has 5 heteroatoms. The number of nitrogens with one attached hydrogen (secondary N) is 1. The number of hydrogen-bond acceptors (Lipinski definition) is 3. The topological polar surface area (TPSA) is 92.4 Å². The van der Waals surface area contributed by atoms with Gasteiger partial charge in [-0.2, -0.15) is 0 Å². The smallest absolute Gasteiger partial charge is 0.306 e. The van der Waals surface area contributed by atoms with Crippen LogP contribution in [0.4, 0.5) is 0 Å². The van der Waals surface area contributed by atoms with Crippen LogP contribution < -0.4 is 11.1 Å². The molecule has 0 heterocycles. The molecule has 0 aliphatic heterocycles. The minimum atomic E-state index is -0.776. The van der Waals surface area contributed by atoms with Crippen molar-refractivity contribution in [2.75, 3.05) is 0 Å². The normalized spacial score (nSPS) is 26.6. The Hall–Kier alpha value is -1.10. The van der Waals surface area contributed by atoms with Gasteiger partial charge in [0.05, 0.1) is 12.0 Å². The first kappa shape index (κ1) is 14.0. The zero-order valence-electron chi connectivity index (χ0n) is 10.7. The Morgan fingerprint density at radius 1 is 1.35 bits per heavy atom. The lowest BCUT2D eigenvalue weighted by Crippen LogP contribution is -2.51. The van der Waals surface area contributed by atoms with Crippen LogP contribution in [-0.4, -0.2) is 29.1 Å². The van der Waals surface area contributed by atoms with Crippen molar-refractivity contribution in [3.8, 4) is 0 Å². The van der Waals surface area contributed by atoms with E-state index in [9.17, 15) is 9.59 Å². The van der Waals surface area contributed by atoms with Gasteiger partial charge < -0.3 is 16.2 Å². The van der Waals surface area contributed by atoms with Crippen molar-refractivity contribution in [1.82, 2.24) is 5.32 Å². The fourth-order valence-corrected chi connectivity index (χ4v) is 2.02. The summed E-state index contributed by atoms with van der Waals surface area (Å²) >= 11 is 0. The molecule has 1 aliphatic rings. The molecule has 0 aromatic rings. The Morgan fingerprint density at radius 3 is 2.35 bits per heavy atom. The van der Waals surface area contributed by atoms with Gasteiger partial charge in [-0.05, 0) is 24.7 Å². The Kier molecular flexibility index (Phi) is 4.14. The highest BCUT2D eigenvalue weighted by Crippen LogP contribution is 2.26. The summed E-state index contributed by atoms with van der Waals surface area (Å²) in [6.07, 6.45) is 1.86. The maximum Gasteiger partial charge on any atom is 0.306 e. The van der Waals surface area contributed by atoms with E-state index < -0.39 is 12.0 Å². The lowest BCUT2D eigenvalue weighted by molar-refractivity contribution is -0.141. The first-order chi connectivity index (χ1) is 7.71. The van der Waals surface area contributed by atoms with Crippen molar-refractivity contribution in [2.45, 2.75) is 52.1 Å². The molecule has 0 saturated heterocycles. The molecule has 1 fully saturated rings. The van der Waals surface area contributed by atoms with Gasteiger partial charge in [-0.1, -0.05) is 20.8 Å². The number of carboxylic acid groups (broad SMARTS) is 1. The minimum absolute atomic E-state index is 0.0444. The van der Waals surface area contributed by atoms with Gasteiger partial charge in [0.1, 0.15) is 0 Å². The minimum Gasteiger partial charge on any atom is -0.481 e. The molecule has 0 radical (unpaired) electrons. The second-order valence-corrected chi connectivity index (χ2v) is 5.90. The molecule has 1 aliphatic carbocycles. The number of carbonyl (C=O) groups excluding carboxylic acids is 1. The summed E-state index contributed by atoms with van der Waals surface area (Å²) < 4.78 is 0. The van der Waals surface area contributed by atoms with E-state index in [0.29, 0.717) is 12.8 Å². The van der Waals surface area contributed by atoms with Gasteiger partial charge in [0, 0.05) is 6.04 Å². The van der Waals surface area contributed by atoms with Crippen LogP contribution in [0, 0.1) is 11.3 Å². The molecule has 1 saturated carbocycles. The van der Waals surface area contributed by atoms with Gasteiger partial charge in [-0.25, -0.2) is 0 Å². The first-order valence-corrected chi connectivity index (χ1v) is 6.00. The highest BCUT2D eigenvalue weighted by Gasteiger charge is 2.33. The van der Waals surface area contributed by atoms with E-state index in [0.717, 1.165) is 6.42 Å². The molecule has 0 aromatic carbocycles. The lowest BCUT2D eigenvalue weighted by Gasteiger charge is -2.27. The van der Waals surface area contributed by atoms with Crippen LogP contribution in [-0.2, 0) is 9.59 Å². The summed E-state index contributed by atoms with van der Waals surface area (Å²) in [6.45, 7) is 5.73. The monoisotopic (exact) mass is 242 g/mol. The van der Waals surface area contributed by atoms with Crippen molar-refractivity contribution in [2.24, 2.45) is 17.1 Å². The molecule has 1 rings (SSSR count). The highest BCUT2D eigenvalue weighted by molar-refractivity contribution is 5.82. The van der Waals surface area contributed by atoms with E-state index in [4.69, 9.17) is 10.8 Å². The Labute approximate surface area is 102 Å². The number of aliphatic carboxylic acids is 1. The molecule has 1 amide bonds. The molecule has 0 aromatic heterocycles. The molecule has 0 unspecified atom stereocenters. The van der Waals surface area contributed by atoms with Crippen molar-refractivity contribution >= 4 is 11.9 Å². The predicted molar refractivity (Wildman–Crippen MR) is 64.3 cm³/mol. The van der Waals surface area contributed by atoms with Gasteiger partial charge in [0.2, 0.25) is 5.91 Å². The summed E-state index contributed by atoms with van der Waals surface area (Å²) in [5.74, 6) is -1.29. The van der Waals surface area contributed by atoms with Gasteiger partial charge >= 0.3 is 5.97 Å². The first-order valence-electron chi connectivity index (χ1n) is 6.00. The Bertz CT molecular complexity index is 309. The average molecular weight is 242 g/mol. The number of carbonyl (C=O) groups is 2. The SMILES string of the molecule is CC(C)(C)[C@H](N)C(=O)N[C@H]1CC[C@@H](C(=O)O)C1. The van der Waals surface area contributed by atoms with E-state index in [1.54, 1.807) is 0 Å². The third-order valence-corrected chi connectivity index (χ3v) is 3.34. The standard InChI is InChI=1S/C12H22N2O3/c1-12(2,3)9(13)10(15)14-8-5-4-7(6-8)11(16)17/h7-9H,4-6,13H2,1-3H3,(H,14,15)(H,16,17)/t7-,8+,9-/m1/s1. The van der Waals surface area contributed by atoms with Crippen LogP contribution in [0.2, 0.25) is 0 Å². The Morgan fingerprint density at radius 2 is 1.94 bits per heavy atom. The fourth-order valence-electron chi connectivity index (χ4n) is 2.02. The summed E-state index contributed by atoms with van der Waals surface area (Å²) in [7, 11) is 0. The maximum absolute atomic E-state index is 11.8. The van der Waals surface area contributed by atoms with E-state index in [1.165, 1.54) is 0 Å². The van der Waals surface area contributed by atoms with Crippen LogP contribution in [0.5, 0.6) is 0 Å². The van der Waals surface area contributed by atoms with E-state index >= 15 is 0 Å². The van der Waals surface area contributed by atoms with E-state index in [1.807, 2.05) is 20.8 Å². The molecule has 5 nitrogen and oxygen atoms in total. The van der Waals surface area contributed by atoms with Crippen molar-refractivity contribution in [1.29, 1.82) is 0 Å². The Balaban J connectivity index is 2.46. The number of nitrogens with two attached hydrogens (primary N) is 1. The molecule has 3 atom stereocenters. The van der Waals surface area contributed by atoms with Gasteiger partial charge in [0.25, 0.3) is 0 Å². The van der Waals surface area contributed by atoms with E-state index in [-0.39, 0.29) is 23.3 Å². The summed E-state index contributed by atoms with van der Waals surface area (Å²) in [6, 6.07) is -0.608. The molecule has 0 spiro atoms. The van der Waals surface area contributed by atoms with Crippen molar-refractivity contribution in [3.63, 3.8) is 0 Å². The summed E-state index contributed by atoms with van der Waals surface area (Å²) in [5.41, 5.74) is 5.56.